The molecule has 0 saturated heterocycles. The van der Waals surface area contributed by atoms with Gasteiger partial charge in [-0.2, -0.15) is 5.10 Å². The van der Waals surface area contributed by atoms with Crippen LogP contribution in [-0.2, 0) is 19.4 Å². The van der Waals surface area contributed by atoms with Crippen LogP contribution in [0.1, 0.15) is 27.0 Å². The number of aromatic amines is 1. The van der Waals surface area contributed by atoms with Gasteiger partial charge in [0, 0.05) is 17.4 Å². The zero-order valence-electron chi connectivity index (χ0n) is 18.3. The number of benzene rings is 3. The van der Waals surface area contributed by atoms with Crippen molar-refractivity contribution < 1.29 is 9.53 Å². The third-order valence-corrected chi connectivity index (χ3v) is 5.94. The zero-order chi connectivity index (χ0) is 22.5. The number of carbonyl (C=O) groups is 1. The van der Waals surface area contributed by atoms with E-state index in [2.05, 4.69) is 26.9 Å². The summed E-state index contributed by atoms with van der Waals surface area (Å²) in [4.78, 5) is 13.4. The Bertz CT molecular complexity index is 1240. The van der Waals surface area contributed by atoms with E-state index in [0.29, 0.717) is 17.9 Å². The van der Waals surface area contributed by atoms with E-state index < -0.39 is 0 Å². The maximum Gasteiger partial charge on any atom is 0.259 e. The van der Waals surface area contributed by atoms with Gasteiger partial charge in [0.15, 0.2) is 0 Å². The number of fused-ring (bicyclic) bond motifs is 1. The van der Waals surface area contributed by atoms with Crippen LogP contribution in [0.5, 0.6) is 5.75 Å². The summed E-state index contributed by atoms with van der Waals surface area (Å²) in [5, 5.41) is 13.4. The Balaban J connectivity index is 1.44. The van der Waals surface area contributed by atoms with Crippen LogP contribution in [-0.4, -0.2) is 29.2 Å². The first-order valence-electron chi connectivity index (χ1n) is 11.2. The molecule has 0 radical (unpaired) electrons. The van der Waals surface area contributed by atoms with Crippen molar-refractivity contribution in [2.45, 2.75) is 19.4 Å². The number of hydrogen-bond donors (Lipinski definition) is 3. The SMILES string of the molecule is O=C(Nc1cccc2c1CCNCC2)c1ccc(-c2cn[nH]c2)cc1OCc1ccccc1. The topological polar surface area (TPSA) is 79.0 Å². The van der Waals surface area contributed by atoms with Gasteiger partial charge in [0.25, 0.3) is 5.91 Å². The van der Waals surface area contributed by atoms with Crippen LogP contribution in [0.25, 0.3) is 11.1 Å². The predicted molar refractivity (Wildman–Crippen MR) is 129 cm³/mol. The first-order chi connectivity index (χ1) is 16.3. The van der Waals surface area contributed by atoms with E-state index in [1.807, 2.05) is 66.9 Å². The van der Waals surface area contributed by atoms with Crippen molar-refractivity contribution in [2.75, 3.05) is 18.4 Å². The number of ether oxygens (including phenoxy) is 1. The second kappa shape index (κ2) is 9.71. The second-order valence-corrected chi connectivity index (χ2v) is 8.12. The molecule has 3 aromatic carbocycles. The molecular formula is C27H26N4O2. The van der Waals surface area contributed by atoms with Crippen LogP contribution >= 0.6 is 0 Å². The molecule has 4 aromatic rings. The third-order valence-electron chi connectivity index (χ3n) is 5.94. The number of hydrogen-bond acceptors (Lipinski definition) is 4. The number of rotatable bonds is 6. The lowest BCUT2D eigenvalue weighted by Gasteiger charge is -2.16. The molecule has 1 aliphatic heterocycles. The van der Waals surface area contributed by atoms with Crippen LogP contribution < -0.4 is 15.4 Å². The first-order valence-corrected chi connectivity index (χ1v) is 11.2. The van der Waals surface area contributed by atoms with Gasteiger partial charge in [0.1, 0.15) is 12.4 Å². The highest BCUT2D eigenvalue weighted by Gasteiger charge is 2.18. The maximum absolute atomic E-state index is 13.4. The van der Waals surface area contributed by atoms with Gasteiger partial charge in [-0.15, -0.1) is 0 Å². The van der Waals surface area contributed by atoms with E-state index >= 15 is 0 Å². The van der Waals surface area contributed by atoms with E-state index in [1.54, 1.807) is 6.20 Å². The average Bonchev–Trinajstić information content (AvgIpc) is 3.28. The molecule has 1 amide bonds. The molecular weight excluding hydrogens is 412 g/mol. The van der Waals surface area contributed by atoms with Crippen LogP contribution in [0.15, 0.2) is 79.1 Å². The molecule has 6 nitrogen and oxygen atoms in total. The van der Waals surface area contributed by atoms with Crippen molar-refractivity contribution in [1.29, 1.82) is 0 Å². The average molecular weight is 439 g/mol. The Morgan fingerprint density at radius 1 is 0.970 bits per heavy atom. The fourth-order valence-corrected chi connectivity index (χ4v) is 4.19. The second-order valence-electron chi connectivity index (χ2n) is 8.12. The Morgan fingerprint density at radius 3 is 2.70 bits per heavy atom. The van der Waals surface area contributed by atoms with Crippen molar-refractivity contribution in [3.8, 4) is 16.9 Å². The fourth-order valence-electron chi connectivity index (χ4n) is 4.19. The van der Waals surface area contributed by atoms with Crippen LogP contribution in [0.4, 0.5) is 5.69 Å². The predicted octanol–water partition coefficient (Wildman–Crippen LogP) is 4.60. The smallest absolute Gasteiger partial charge is 0.259 e. The summed E-state index contributed by atoms with van der Waals surface area (Å²) < 4.78 is 6.15. The van der Waals surface area contributed by atoms with Gasteiger partial charge in [0.05, 0.1) is 11.8 Å². The van der Waals surface area contributed by atoms with E-state index in [1.165, 1.54) is 11.1 Å². The number of anilines is 1. The normalized spacial score (nSPS) is 13.1. The summed E-state index contributed by atoms with van der Waals surface area (Å²) in [6, 6.07) is 21.7. The lowest BCUT2D eigenvalue weighted by molar-refractivity contribution is 0.102. The zero-order valence-corrected chi connectivity index (χ0v) is 18.3. The van der Waals surface area contributed by atoms with E-state index in [4.69, 9.17) is 4.74 Å². The highest BCUT2D eigenvalue weighted by Crippen LogP contribution is 2.30. The Morgan fingerprint density at radius 2 is 1.85 bits per heavy atom. The quantitative estimate of drug-likeness (QED) is 0.411. The summed E-state index contributed by atoms with van der Waals surface area (Å²) in [5.74, 6) is 0.362. The molecule has 1 aromatic heterocycles. The first kappa shape index (κ1) is 21.0. The van der Waals surface area contributed by atoms with Crippen molar-refractivity contribution in [3.05, 3.63) is 101 Å². The van der Waals surface area contributed by atoms with E-state index in [9.17, 15) is 4.79 Å². The van der Waals surface area contributed by atoms with Crippen LogP contribution in [0, 0.1) is 0 Å². The molecule has 0 aliphatic carbocycles. The van der Waals surface area contributed by atoms with Crippen molar-refractivity contribution in [1.82, 2.24) is 15.5 Å². The van der Waals surface area contributed by atoms with Crippen LogP contribution in [0.3, 0.4) is 0 Å². The number of aromatic nitrogens is 2. The highest BCUT2D eigenvalue weighted by molar-refractivity contribution is 6.07. The minimum atomic E-state index is -0.178. The molecule has 6 heteroatoms. The molecule has 0 spiro atoms. The lowest BCUT2D eigenvalue weighted by Crippen LogP contribution is -2.17. The monoisotopic (exact) mass is 438 g/mol. The van der Waals surface area contributed by atoms with Crippen molar-refractivity contribution in [3.63, 3.8) is 0 Å². The molecule has 33 heavy (non-hydrogen) atoms. The lowest BCUT2D eigenvalue weighted by atomic mass is 10.0. The van der Waals surface area contributed by atoms with Gasteiger partial charge in [-0.1, -0.05) is 48.5 Å². The number of amides is 1. The van der Waals surface area contributed by atoms with Gasteiger partial charge in [0.2, 0.25) is 0 Å². The molecule has 0 unspecified atom stereocenters. The number of H-pyrrole nitrogens is 1. The molecule has 2 heterocycles. The Hall–Kier alpha value is -3.90. The molecule has 0 bridgehead atoms. The van der Waals surface area contributed by atoms with Crippen LogP contribution in [0.2, 0.25) is 0 Å². The highest BCUT2D eigenvalue weighted by atomic mass is 16.5. The van der Waals surface area contributed by atoms with Crippen molar-refractivity contribution >= 4 is 11.6 Å². The van der Waals surface area contributed by atoms with Gasteiger partial charge < -0.3 is 15.4 Å². The Labute approximate surface area is 193 Å². The minimum Gasteiger partial charge on any atom is -0.488 e. The summed E-state index contributed by atoms with van der Waals surface area (Å²) >= 11 is 0. The molecule has 5 rings (SSSR count). The molecule has 1 aliphatic rings. The van der Waals surface area contributed by atoms with Crippen molar-refractivity contribution in [2.24, 2.45) is 0 Å². The largest absolute Gasteiger partial charge is 0.488 e. The Kier molecular flexibility index (Phi) is 6.17. The molecule has 3 N–H and O–H groups in total. The summed E-state index contributed by atoms with van der Waals surface area (Å²) in [5.41, 5.74) is 6.77. The fraction of sp³-hybridized carbons (Fsp3) is 0.185. The molecule has 166 valence electrons. The van der Waals surface area contributed by atoms with Gasteiger partial charge >= 0.3 is 0 Å². The minimum absolute atomic E-state index is 0.178. The molecule has 0 fully saturated rings. The number of carbonyl (C=O) groups excluding carboxylic acids is 1. The number of nitrogens with zero attached hydrogens (tertiary/aromatic N) is 1. The maximum atomic E-state index is 13.4. The van der Waals surface area contributed by atoms with E-state index in [-0.39, 0.29) is 5.91 Å². The van der Waals surface area contributed by atoms with E-state index in [0.717, 1.165) is 48.3 Å². The summed E-state index contributed by atoms with van der Waals surface area (Å²) in [6.45, 7) is 2.24. The van der Waals surface area contributed by atoms with Gasteiger partial charge in [-0.25, -0.2) is 0 Å². The standard InChI is InChI=1S/C27H26N4O2/c32-27(31-25-8-4-7-20-11-13-28-14-12-23(20)25)24-10-9-21(22-16-29-30-17-22)15-26(24)33-18-19-5-2-1-3-6-19/h1-10,15-17,28H,11-14,18H2,(H,29,30)(H,31,32). The molecule has 0 atom stereocenters. The molecule has 0 saturated carbocycles. The number of nitrogens with one attached hydrogen (secondary N) is 3. The summed E-state index contributed by atoms with van der Waals surface area (Å²) in [7, 11) is 0. The van der Waals surface area contributed by atoms with Gasteiger partial charge in [-0.05, 0) is 66.4 Å². The van der Waals surface area contributed by atoms with Gasteiger partial charge in [-0.3, -0.25) is 9.89 Å². The summed E-state index contributed by atoms with van der Waals surface area (Å²) in [6.07, 6.45) is 5.43. The third kappa shape index (κ3) is 4.81.